The average molecular weight is 413 g/mol. The summed E-state index contributed by atoms with van der Waals surface area (Å²) in [6.45, 7) is -0.265. The van der Waals surface area contributed by atoms with Crippen LogP contribution >= 0.6 is 23.2 Å². The molecule has 0 bridgehead atoms. The fourth-order valence-electron chi connectivity index (χ4n) is 1.98. The molecule has 0 amide bonds. The van der Waals surface area contributed by atoms with Gasteiger partial charge in [0.05, 0.1) is 11.1 Å². The van der Waals surface area contributed by atoms with Gasteiger partial charge in [-0.15, -0.1) is 0 Å². The molecule has 0 aliphatic carbocycles. The lowest BCUT2D eigenvalue weighted by molar-refractivity contribution is -0.106. The van der Waals surface area contributed by atoms with Crippen LogP contribution in [0.2, 0.25) is 10.0 Å². The topological polar surface area (TPSA) is 71.1 Å². The Morgan fingerprint density at radius 3 is 1.59 bits per heavy atom. The molecule has 8 heteroatoms. The first kappa shape index (κ1) is 21.2. The van der Waals surface area contributed by atoms with E-state index < -0.39 is 18.0 Å². The number of hydrogen-bond acceptors (Lipinski definition) is 6. The molecule has 0 radical (unpaired) electrons. The zero-order chi connectivity index (χ0) is 19.6. The van der Waals surface area contributed by atoms with Crippen LogP contribution in [0.4, 0.5) is 0 Å². The maximum atomic E-state index is 12.1. The van der Waals surface area contributed by atoms with Crippen molar-refractivity contribution >= 4 is 35.1 Å². The Balaban J connectivity index is 1.88. The third kappa shape index (κ3) is 7.19. The fraction of sp³-hybridized carbons (Fsp3) is 0.263. The number of rotatable bonds is 9. The summed E-state index contributed by atoms with van der Waals surface area (Å²) in [7, 11) is 1.45. The highest BCUT2D eigenvalue weighted by Crippen LogP contribution is 2.12. The van der Waals surface area contributed by atoms with E-state index in [1.165, 1.54) is 7.11 Å². The quantitative estimate of drug-likeness (QED) is 0.457. The molecule has 0 aliphatic heterocycles. The van der Waals surface area contributed by atoms with Crippen LogP contribution in [-0.4, -0.2) is 45.2 Å². The second-order valence-corrected chi connectivity index (χ2v) is 6.28. The lowest BCUT2D eigenvalue weighted by Crippen LogP contribution is -2.29. The highest BCUT2D eigenvalue weighted by atomic mass is 35.5. The molecule has 2 rings (SSSR count). The van der Waals surface area contributed by atoms with Gasteiger partial charge in [-0.1, -0.05) is 23.2 Å². The predicted molar refractivity (Wildman–Crippen MR) is 100 cm³/mol. The number of benzene rings is 2. The number of carbonyl (C=O) groups is 2. The smallest absolute Gasteiger partial charge is 0.338 e. The zero-order valence-electron chi connectivity index (χ0n) is 14.5. The summed E-state index contributed by atoms with van der Waals surface area (Å²) in [5.41, 5.74) is 0.700. The van der Waals surface area contributed by atoms with E-state index in [9.17, 15) is 9.59 Å². The summed E-state index contributed by atoms with van der Waals surface area (Å²) in [5, 5.41) is 1.03. The van der Waals surface area contributed by atoms with Gasteiger partial charge in [-0.05, 0) is 48.5 Å². The summed E-state index contributed by atoms with van der Waals surface area (Å²) in [4.78, 5) is 24.1. The normalized spacial score (nSPS) is 10.7. The number of halogens is 2. The Bertz CT molecular complexity index is 684. The van der Waals surface area contributed by atoms with Gasteiger partial charge in [-0.2, -0.15) is 0 Å². The van der Waals surface area contributed by atoms with E-state index in [0.29, 0.717) is 21.2 Å². The third-order valence-corrected chi connectivity index (χ3v) is 3.89. The van der Waals surface area contributed by atoms with Gasteiger partial charge >= 0.3 is 11.9 Å². The SMILES string of the molecule is COCOC(COC(=O)c1ccc(Cl)cc1)COC(=O)c1ccc(Cl)cc1. The van der Waals surface area contributed by atoms with Crippen molar-refractivity contribution < 1.29 is 28.5 Å². The molecule has 27 heavy (non-hydrogen) atoms. The maximum Gasteiger partial charge on any atom is 0.338 e. The molecular weight excluding hydrogens is 395 g/mol. The van der Waals surface area contributed by atoms with E-state index in [-0.39, 0.29) is 20.0 Å². The molecule has 0 atom stereocenters. The van der Waals surface area contributed by atoms with Crippen molar-refractivity contribution in [3.05, 3.63) is 69.7 Å². The molecule has 2 aromatic rings. The number of ether oxygens (including phenoxy) is 4. The van der Waals surface area contributed by atoms with Crippen molar-refractivity contribution in [3.8, 4) is 0 Å². The second kappa shape index (κ2) is 10.9. The molecule has 144 valence electrons. The van der Waals surface area contributed by atoms with Crippen molar-refractivity contribution in [2.75, 3.05) is 27.1 Å². The number of methoxy groups -OCH3 is 1. The van der Waals surface area contributed by atoms with Crippen molar-refractivity contribution in [1.82, 2.24) is 0 Å². The highest BCUT2D eigenvalue weighted by Gasteiger charge is 2.17. The van der Waals surface area contributed by atoms with Crippen molar-refractivity contribution in [2.24, 2.45) is 0 Å². The van der Waals surface area contributed by atoms with Gasteiger partial charge in [0, 0.05) is 17.2 Å². The average Bonchev–Trinajstić information content (AvgIpc) is 2.68. The molecule has 0 heterocycles. The van der Waals surface area contributed by atoms with Crippen LogP contribution in [0, 0.1) is 0 Å². The molecule has 2 aromatic carbocycles. The van der Waals surface area contributed by atoms with Crippen LogP contribution in [0.5, 0.6) is 0 Å². The van der Waals surface area contributed by atoms with Crippen LogP contribution in [0.15, 0.2) is 48.5 Å². The van der Waals surface area contributed by atoms with E-state index in [2.05, 4.69) is 0 Å². The minimum atomic E-state index is -0.683. The lowest BCUT2D eigenvalue weighted by atomic mass is 10.2. The first-order chi connectivity index (χ1) is 13.0. The summed E-state index contributed by atoms with van der Waals surface area (Å²) in [6, 6.07) is 12.6. The number of carbonyl (C=O) groups excluding carboxylic acids is 2. The number of hydrogen-bond donors (Lipinski definition) is 0. The van der Waals surface area contributed by atoms with Crippen LogP contribution in [0.1, 0.15) is 20.7 Å². The highest BCUT2D eigenvalue weighted by molar-refractivity contribution is 6.30. The fourth-order valence-corrected chi connectivity index (χ4v) is 2.24. The summed E-state index contributed by atoms with van der Waals surface area (Å²) in [6.07, 6.45) is -0.683. The molecule has 0 saturated carbocycles. The largest absolute Gasteiger partial charge is 0.459 e. The molecule has 0 saturated heterocycles. The Morgan fingerprint density at radius 1 is 0.815 bits per heavy atom. The minimum absolute atomic E-state index is 0.0400. The van der Waals surface area contributed by atoms with E-state index in [1.807, 2.05) is 0 Å². The molecule has 0 unspecified atom stereocenters. The van der Waals surface area contributed by atoms with Gasteiger partial charge in [0.25, 0.3) is 0 Å². The van der Waals surface area contributed by atoms with Crippen LogP contribution in [0.25, 0.3) is 0 Å². The van der Waals surface area contributed by atoms with Crippen LogP contribution in [0.3, 0.4) is 0 Å². The van der Waals surface area contributed by atoms with Gasteiger partial charge < -0.3 is 18.9 Å². The van der Waals surface area contributed by atoms with E-state index >= 15 is 0 Å². The molecule has 0 aliphatic rings. The van der Waals surface area contributed by atoms with E-state index in [4.69, 9.17) is 42.1 Å². The van der Waals surface area contributed by atoms with Gasteiger partial charge in [0.15, 0.2) is 0 Å². The first-order valence-corrected chi connectivity index (χ1v) is 8.71. The molecule has 6 nitrogen and oxygen atoms in total. The first-order valence-electron chi connectivity index (χ1n) is 7.95. The Kier molecular flexibility index (Phi) is 8.54. The molecule has 0 spiro atoms. The van der Waals surface area contributed by atoms with Gasteiger partial charge in [-0.25, -0.2) is 9.59 Å². The maximum absolute atomic E-state index is 12.1. The Labute approximate surface area is 166 Å². The Morgan fingerprint density at radius 2 is 1.22 bits per heavy atom. The molecule has 0 N–H and O–H groups in total. The van der Waals surface area contributed by atoms with Crippen molar-refractivity contribution in [1.29, 1.82) is 0 Å². The van der Waals surface area contributed by atoms with Gasteiger partial charge in [0.2, 0.25) is 0 Å². The second-order valence-electron chi connectivity index (χ2n) is 5.41. The third-order valence-electron chi connectivity index (χ3n) is 3.38. The minimum Gasteiger partial charge on any atom is -0.459 e. The van der Waals surface area contributed by atoms with Crippen LogP contribution < -0.4 is 0 Å². The van der Waals surface area contributed by atoms with Crippen molar-refractivity contribution in [3.63, 3.8) is 0 Å². The van der Waals surface area contributed by atoms with E-state index in [0.717, 1.165) is 0 Å². The van der Waals surface area contributed by atoms with Gasteiger partial charge in [0.1, 0.15) is 26.1 Å². The monoisotopic (exact) mass is 412 g/mol. The van der Waals surface area contributed by atoms with Gasteiger partial charge in [-0.3, -0.25) is 0 Å². The lowest BCUT2D eigenvalue weighted by Gasteiger charge is -2.17. The standard InChI is InChI=1S/C19H18Cl2O6/c1-24-12-27-17(10-25-18(22)13-2-6-15(20)7-3-13)11-26-19(23)14-4-8-16(21)9-5-14/h2-9,17H,10-12H2,1H3. The van der Waals surface area contributed by atoms with Crippen LogP contribution in [-0.2, 0) is 18.9 Å². The summed E-state index contributed by atoms with van der Waals surface area (Å²) < 4.78 is 20.7. The molecular formula is C19H18Cl2O6. The predicted octanol–water partition coefficient (Wildman–Crippen LogP) is 4.00. The molecule has 0 aromatic heterocycles. The number of esters is 2. The Hall–Kier alpha value is -2.12. The van der Waals surface area contributed by atoms with Crippen molar-refractivity contribution in [2.45, 2.75) is 6.10 Å². The summed E-state index contributed by atoms with van der Waals surface area (Å²) >= 11 is 11.6. The molecule has 0 fully saturated rings. The summed E-state index contributed by atoms with van der Waals surface area (Å²) in [5.74, 6) is -1.08. The zero-order valence-corrected chi connectivity index (χ0v) is 16.0. The van der Waals surface area contributed by atoms with E-state index in [1.54, 1.807) is 48.5 Å².